The minimum atomic E-state index is -1.76. The van der Waals surface area contributed by atoms with Crippen molar-refractivity contribution in [2.24, 2.45) is 0 Å². The highest BCUT2D eigenvalue weighted by atomic mass is 35.6. The zero-order valence-electron chi connectivity index (χ0n) is 26.4. The lowest BCUT2D eigenvalue weighted by molar-refractivity contribution is -0.0718. The number of alkyl carbamates (subject to hydrolysis) is 1. The molecular formula is C33H37Cl3N4O6. The summed E-state index contributed by atoms with van der Waals surface area (Å²) in [5.74, 6) is 2.73. The van der Waals surface area contributed by atoms with Gasteiger partial charge in [0.15, 0.2) is 11.5 Å². The molecule has 2 aromatic carbocycles. The average molecular weight is 692 g/mol. The molecule has 4 aliphatic heterocycles. The second-order valence-electron chi connectivity index (χ2n) is 12.2. The monoisotopic (exact) mass is 690 g/mol. The van der Waals surface area contributed by atoms with Crippen LogP contribution < -0.4 is 24.3 Å². The van der Waals surface area contributed by atoms with Gasteiger partial charge in [-0.25, -0.2) is 4.79 Å². The van der Waals surface area contributed by atoms with Crippen LogP contribution in [0.25, 0.3) is 0 Å². The number of nitrogens with one attached hydrogen (secondary N) is 1. The summed E-state index contributed by atoms with van der Waals surface area (Å²) in [4.78, 5) is 17.5. The normalized spacial score (nSPS) is 24.6. The Morgan fingerprint density at radius 3 is 2.57 bits per heavy atom. The first-order valence-electron chi connectivity index (χ1n) is 15.1. The Balaban J connectivity index is 1.54. The van der Waals surface area contributed by atoms with Crippen molar-refractivity contribution in [2.45, 2.75) is 67.6 Å². The van der Waals surface area contributed by atoms with Gasteiger partial charge in [-0.3, -0.25) is 9.80 Å². The number of carbonyl (C=O) groups excluding carboxylic acids is 1. The van der Waals surface area contributed by atoms with Crippen LogP contribution in [0.4, 0.5) is 4.79 Å². The Bertz CT molecular complexity index is 1620. The van der Waals surface area contributed by atoms with Crippen molar-refractivity contribution < 1.29 is 28.5 Å². The summed E-state index contributed by atoms with van der Waals surface area (Å²) in [5.41, 5.74) is 7.17. The molecule has 10 nitrogen and oxygen atoms in total. The number of likely N-dealkylation sites (N-methyl/N-ethyl adjacent to an activating group) is 1. The molecule has 4 heterocycles. The Labute approximate surface area is 284 Å². The fourth-order valence-corrected chi connectivity index (χ4v) is 8.24. The number of halogens is 3. The van der Waals surface area contributed by atoms with Crippen LogP contribution in [-0.4, -0.2) is 78.5 Å². The molecule has 246 valence electrons. The maximum atomic E-state index is 12.9. The number of nitriles is 1. The minimum Gasteiger partial charge on any atom is -0.496 e. The second kappa shape index (κ2) is 12.5. The van der Waals surface area contributed by atoms with Gasteiger partial charge in [0.1, 0.15) is 30.8 Å². The first-order valence-corrected chi connectivity index (χ1v) is 16.3. The van der Waals surface area contributed by atoms with Gasteiger partial charge in [0.25, 0.3) is 0 Å². The van der Waals surface area contributed by atoms with Crippen LogP contribution in [0.1, 0.15) is 51.0 Å². The minimum absolute atomic E-state index is 0.0454. The fraction of sp³-hybridized carbons (Fsp3) is 0.515. The summed E-state index contributed by atoms with van der Waals surface area (Å²) in [6.45, 7) is 9.97. The van der Waals surface area contributed by atoms with Crippen molar-refractivity contribution in [2.75, 3.05) is 40.7 Å². The third-order valence-electron chi connectivity index (χ3n) is 9.69. The van der Waals surface area contributed by atoms with Crippen molar-refractivity contribution in [3.05, 3.63) is 57.7 Å². The lowest BCUT2D eigenvalue weighted by atomic mass is 9.71. The van der Waals surface area contributed by atoms with Crippen LogP contribution >= 0.6 is 34.8 Å². The number of benzene rings is 2. The number of aryl methyl sites for hydroxylation is 1. The third-order valence-corrected chi connectivity index (χ3v) is 10.0. The number of fused-ring (bicyclic) bond motifs is 9. The van der Waals surface area contributed by atoms with E-state index in [1.807, 2.05) is 6.92 Å². The highest BCUT2D eigenvalue weighted by Gasteiger charge is 2.56. The number of amides is 1. The van der Waals surface area contributed by atoms with Gasteiger partial charge in [-0.15, -0.1) is 0 Å². The third kappa shape index (κ3) is 5.40. The second-order valence-corrected chi connectivity index (χ2v) is 14.7. The zero-order chi connectivity index (χ0) is 33.1. The van der Waals surface area contributed by atoms with Crippen LogP contribution in [0.3, 0.4) is 0 Å². The van der Waals surface area contributed by atoms with E-state index < -0.39 is 28.6 Å². The fourth-order valence-electron chi connectivity index (χ4n) is 8.08. The number of nitrogens with zero attached hydrogens (tertiary/aromatic N) is 3. The van der Waals surface area contributed by atoms with E-state index in [1.165, 1.54) is 11.1 Å². The molecule has 1 fully saturated rings. The predicted octanol–water partition coefficient (Wildman–Crippen LogP) is 5.78. The number of methoxy groups -OCH3 is 1. The van der Waals surface area contributed by atoms with Gasteiger partial charge in [-0.1, -0.05) is 53.5 Å². The molecule has 0 saturated carbocycles. The zero-order valence-corrected chi connectivity index (χ0v) is 28.7. The molecule has 2 aromatic rings. The van der Waals surface area contributed by atoms with E-state index in [0.717, 1.165) is 33.6 Å². The van der Waals surface area contributed by atoms with E-state index in [4.69, 9.17) is 58.5 Å². The van der Waals surface area contributed by atoms with Gasteiger partial charge < -0.3 is 29.0 Å². The molecule has 0 aliphatic carbocycles. The maximum absolute atomic E-state index is 12.9. The van der Waals surface area contributed by atoms with Crippen LogP contribution in [0.15, 0.2) is 18.7 Å². The van der Waals surface area contributed by atoms with Crippen molar-refractivity contribution in [3.8, 4) is 29.1 Å². The molecule has 0 aromatic heterocycles. The summed E-state index contributed by atoms with van der Waals surface area (Å²) in [5, 5.41) is 13.7. The van der Waals surface area contributed by atoms with Crippen molar-refractivity contribution in [3.63, 3.8) is 0 Å². The van der Waals surface area contributed by atoms with E-state index in [-0.39, 0.29) is 38.1 Å². The highest BCUT2D eigenvalue weighted by Crippen LogP contribution is 2.57. The first kappa shape index (κ1) is 32.9. The number of ether oxygens (including phenoxy) is 5. The number of hydrogen-bond donors (Lipinski definition) is 1. The van der Waals surface area contributed by atoms with Gasteiger partial charge in [-0.05, 0) is 62.9 Å². The molecule has 1 saturated heterocycles. The van der Waals surface area contributed by atoms with Crippen molar-refractivity contribution in [1.29, 1.82) is 5.26 Å². The molecule has 4 aliphatic rings. The molecular weight excluding hydrogens is 655 g/mol. The van der Waals surface area contributed by atoms with Crippen LogP contribution in [0, 0.1) is 32.1 Å². The summed E-state index contributed by atoms with van der Waals surface area (Å²) < 4.78 is 27.7. The topological polar surface area (TPSA) is 106 Å². The summed E-state index contributed by atoms with van der Waals surface area (Å²) in [6, 6.07) is 3.44. The van der Waals surface area contributed by atoms with E-state index in [1.54, 1.807) is 13.2 Å². The van der Waals surface area contributed by atoms with Gasteiger partial charge in [0.05, 0.1) is 25.3 Å². The molecule has 6 rings (SSSR count). The summed E-state index contributed by atoms with van der Waals surface area (Å²) >= 11 is 17.5. The van der Waals surface area contributed by atoms with Gasteiger partial charge in [0.2, 0.25) is 10.6 Å². The molecule has 1 amide bonds. The molecule has 5 atom stereocenters. The highest BCUT2D eigenvalue weighted by molar-refractivity contribution is 6.67. The average Bonchev–Trinajstić information content (AvgIpc) is 3.49. The SMILES string of the molecule is C=CCOc1c(C)c2c(c3c1CC1C4c5c(cc(C)c(OC)c5C)C[C@@H]([C@H](C#N)N1[C@H]3CNC(=O)OCC(Cl)(Cl)Cl)N4C)OCO2. The van der Waals surface area contributed by atoms with Gasteiger partial charge in [0, 0.05) is 35.3 Å². The van der Waals surface area contributed by atoms with E-state index in [0.29, 0.717) is 30.1 Å². The molecule has 46 heavy (non-hydrogen) atoms. The van der Waals surface area contributed by atoms with E-state index in [2.05, 4.69) is 54.7 Å². The first-order chi connectivity index (χ1) is 21.9. The van der Waals surface area contributed by atoms with Crippen molar-refractivity contribution in [1.82, 2.24) is 15.1 Å². The summed E-state index contributed by atoms with van der Waals surface area (Å²) in [6.07, 6.45) is 2.20. The quantitative estimate of drug-likeness (QED) is 0.286. The summed E-state index contributed by atoms with van der Waals surface area (Å²) in [7, 11) is 3.80. The Kier molecular flexibility index (Phi) is 8.94. The standard InChI is InChI=1S/C33H37Cl3N4O6/c1-7-8-43-29-18(4)30-31(46-15-45-30)26-20(29)11-22-27-25-17(3)28(42-6)16(2)9-19(25)10-21(39(27)5)23(12-37)40(22)24(26)13-38-32(41)44-14-33(34,35)36/h7,9,21-24,27H,1,8,10-11,13-15H2,2-6H3,(H,38,41)/t21-,22?,23-,24-,27?/m0/s1. The number of alkyl halides is 3. The number of hydrogen-bond acceptors (Lipinski definition) is 9. The molecule has 2 bridgehead atoms. The molecule has 0 spiro atoms. The Hall–Kier alpha value is -3.07. The number of piperazine rings is 1. The molecule has 0 radical (unpaired) electrons. The Morgan fingerprint density at radius 1 is 1.15 bits per heavy atom. The van der Waals surface area contributed by atoms with Crippen molar-refractivity contribution >= 4 is 40.9 Å². The van der Waals surface area contributed by atoms with E-state index in [9.17, 15) is 10.1 Å². The molecule has 1 N–H and O–H groups in total. The Morgan fingerprint density at radius 2 is 1.89 bits per heavy atom. The largest absolute Gasteiger partial charge is 0.496 e. The lowest BCUT2D eigenvalue weighted by Gasteiger charge is -2.60. The lowest BCUT2D eigenvalue weighted by Crippen LogP contribution is -2.69. The number of rotatable bonds is 7. The van der Waals surface area contributed by atoms with Gasteiger partial charge >= 0.3 is 6.09 Å². The van der Waals surface area contributed by atoms with Gasteiger partial charge in [-0.2, -0.15) is 5.26 Å². The van der Waals surface area contributed by atoms with Crippen LogP contribution in [0.5, 0.6) is 23.0 Å². The van der Waals surface area contributed by atoms with E-state index >= 15 is 0 Å². The number of carbonyl (C=O) groups is 1. The molecule has 13 heteroatoms. The molecule has 2 unspecified atom stereocenters. The smallest absolute Gasteiger partial charge is 0.407 e. The predicted molar refractivity (Wildman–Crippen MR) is 175 cm³/mol. The maximum Gasteiger partial charge on any atom is 0.407 e. The van der Waals surface area contributed by atoms with Crippen LogP contribution in [0.2, 0.25) is 0 Å². The van der Waals surface area contributed by atoms with Crippen LogP contribution in [-0.2, 0) is 17.6 Å².